The number of carbonyl (C=O) groups is 3. The van der Waals surface area contributed by atoms with Gasteiger partial charge in [-0.15, -0.1) is 12.4 Å². The molecule has 0 unspecified atom stereocenters. The minimum Gasteiger partial charge on any atom is -0.444 e. The maximum Gasteiger partial charge on any atom is 0.414 e. The Bertz CT molecular complexity index is 1370. The maximum absolute atomic E-state index is 12.7. The van der Waals surface area contributed by atoms with Gasteiger partial charge in [0.2, 0.25) is 5.91 Å². The molecule has 2 aliphatic heterocycles. The van der Waals surface area contributed by atoms with Crippen LogP contribution in [0.3, 0.4) is 0 Å². The van der Waals surface area contributed by atoms with Crippen molar-refractivity contribution in [2.24, 2.45) is 0 Å². The fraction of sp³-hybridized carbons (Fsp3) is 0.276. The number of benzene rings is 3. The summed E-state index contributed by atoms with van der Waals surface area (Å²) < 4.78 is 5.39. The fourth-order valence-corrected chi connectivity index (χ4v) is 5.51. The first-order valence-electron chi connectivity index (χ1n) is 12.4. The molecule has 0 spiro atoms. The highest BCUT2D eigenvalue weighted by molar-refractivity contribution is 6.22. The van der Waals surface area contributed by atoms with Gasteiger partial charge in [0.05, 0.1) is 5.69 Å². The van der Waals surface area contributed by atoms with Crippen molar-refractivity contribution in [1.29, 1.82) is 0 Å². The molecule has 1 fully saturated rings. The molecule has 190 valence electrons. The zero-order valence-corrected chi connectivity index (χ0v) is 21.1. The maximum atomic E-state index is 12.7. The van der Waals surface area contributed by atoms with Gasteiger partial charge in [-0.2, -0.15) is 0 Å². The summed E-state index contributed by atoms with van der Waals surface area (Å²) in [4.78, 5) is 41.8. The summed E-state index contributed by atoms with van der Waals surface area (Å²) in [6.07, 6.45) is 1.78. The highest BCUT2D eigenvalue weighted by Gasteiger charge is 2.34. The molecule has 0 aromatic heterocycles. The number of anilines is 2. The number of hydrogen-bond donors (Lipinski definition) is 1. The monoisotopic (exact) mass is 517 g/mol. The molecule has 1 aliphatic carbocycles. The molecular formula is C29H28ClN3O4. The summed E-state index contributed by atoms with van der Waals surface area (Å²) in [5.41, 5.74) is 5.85. The first-order chi connectivity index (χ1) is 17.6. The molecule has 1 saturated heterocycles. The van der Waals surface area contributed by atoms with Crippen LogP contribution < -0.4 is 10.2 Å². The topological polar surface area (TPSA) is 79.0 Å². The molecule has 7 nitrogen and oxygen atoms in total. The Hall–Kier alpha value is -3.68. The Labute approximate surface area is 221 Å². The second-order valence-electron chi connectivity index (χ2n) is 9.56. The van der Waals surface area contributed by atoms with E-state index in [1.165, 1.54) is 0 Å². The zero-order valence-electron chi connectivity index (χ0n) is 20.3. The van der Waals surface area contributed by atoms with Crippen molar-refractivity contribution in [3.63, 3.8) is 0 Å². The van der Waals surface area contributed by atoms with E-state index in [1.807, 2.05) is 54.6 Å². The number of amides is 2. The largest absolute Gasteiger partial charge is 0.444 e. The number of fused-ring (bicyclic) bond motifs is 4. The summed E-state index contributed by atoms with van der Waals surface area (Å²) in [5, 5.41) is 2.99. The number of ketones is 1. The van der Waals surface area contributed by atoms with Crippen molar-refractivity contribution in [2.75, 3.05) is 29.9 Å². The molecule has 37 heavy (non-hydrogen) atoms. The summed E-state index contributed by atoms with van der Waals surface area (Å²) in [5.74, 6) is -0.0219. The number of rotatable bonds is 5. The molecule has 2 heterocycles. The lowest BCUT2D eigenvalue weighted by atomic mass is 10.0. The Morgan fingerprint density at radius 3 is 2.41 bits per heavy atom. The lowest BCUT2D eigenvalue weighted by Gasteiger charge is -2.40. The predicted molar refractivity (Wildman–Crippen MR) is 144 cm³/mol. The molecule has 3 aromatic rings. The Kier molecular flexibility index (Phi) is 7.00. The first kappa shape index (κ1) is 25.0. The third-order valence-electron chi connectivity index (χ3n) is 7.39. The summed E-state index contributed by atoms with van der Waals surface area (Å²) in [7, 11) is 0. The van der Waals surface area contributed by atoms with Gasteiger partial charge in [0.15, 0.2) is 5.78 Å². The van der Waals surface area contributed by atoms with Gasteiger partial charge in [-0.05, 0) is 48.2 Å². The minimum atomic E-state index is -0.273. The molecule has 2 amide bonds. The fourth-order valence-electron chi connectivity index (χ4n) is 5.51. The average molecular weight is 518 g/mol. The van der Waals surface area contributed by atoms with Gasteiger partial charge in [0, 0.05) is 54.5 Å². The van der Waals surface area contributed by atoms with E-state index in [0.29, 0.717) is 36.4 Å². The molecule has 3 aliphatic rings. The molecule has 6 rings (SSSR count). The van der Waals surface area contributed by atoms with Gasteiger partial charge in [-0.25, -0.2) is 4.79 Å². The number of hydrogen-bond acceptors (Lipinski definition) is 5. The third-order valence-corrected chi connectivity index (χ3v) is 7.39. The van der Waals surface area contributed by atoms with Gasteiger partial charge in [-0.3, -0.25) is 14.5 Å². The Balaban J connectivity index is 0.00000280. The van der Waals surface area contributed by atoms with Crippen molar-refractivity contribution in [1.82, 2.24) is 4.90 Å². The summed E-state index contributed by atoms with van der Waals surface area (Å²) in [6.45, 7) is 2.63. The number of cyclic esters (lactones) is 1. The Morgan fingerprint density at radius 2 is 1.59 bits per heavy atom. The number of para-hydroxylation sites is 1. The number of carbonyl (C=O) groups excluding carboxylic acids is 3. The van der Waals surface area contributed by atoms with Crippen molar-refractivity contribution in [2.45, 2.75) is 31.9 Å². The molecular weight excluding hydrogens is 490 g/mol. The number of nitrogens with zero attached hydrogens (tertiary/aromatic N) is 2. The van der Waals surface area contributed by atoms with Crippen LogP contribution in [0.25, 0.3) is 11.1 Å². The highest BCUT2D eigenvalue weighted by atomic mass is 35.5. The number of halogens is 1. The van der Waals surface area contributed by atoms with Gasteiger partial charge >= 0.3 is 6.09 Å². The molecule has 0 saturated carbocycles. The summed E-state index contributed by atoms with van der Waals surface area (Å²) >= 11 is 0. The lowest BCUT2D eigenvalue weighted by Crippen LogP contribution is -2.49. The number of ether oxygens (including phenoxy) is 1. The van der Waals surface area contributed by atoms with E-state index in [4.69, 9.17) is 4.74 Å². The highest BCUT2D eigenvalue weighted by Crippen LogP contribution is 2.38. The van der Waals surface area contributed by atoms with Crippen molar-refractivity contribution < 1.29 is 19.1 Å². The van der Waals surface area contributed by atoms with E-state index < -0.39 is 0 Å². The van der Waals surface area contributed by atoms with Crippen LogP contribution >= 0.6 is 12.4 Å². The number of piperidine rings is 1. The van der Waals surface area contributed by atoms with Crippen molar-refractivity contribution >= 4 is 41.6 Å². The van der Waals surface area contributed by atoms with Crippen LogP contribution in [0, 0.1) is 0 Å². The van der Waals surface area contributed by atoms with Gasteiger partial charge < -0.3 is 15.0 Å². The predicted octanol–water partition coefficient (Wildman–Crippen LogP) is 5.27. The van der Waals surface area contributed by atoms with Crippen LogP contribution in [-0.2, 0) is 16.1 Å². The van der Waals surface area contributed by atoms with E-state index in [1.54, 1.807) is 17.0 Å². The normalized spacial score (nSPS) is 16.8. The third kappa shape index (κ3) is 4.72. The number of likely N-dealkylation sites (tertiary alicyclic amines) is 1. The zero-order chi connectivity index (χ0) is 24.6. The smallest absolute Gasteiger partial charge is 0.414 e. The van der Waals surface area contributed by atoms with E-state index in [0.717, 1.165) is 48.3 Å². The quantitative estimate of drug-likeness (QED) is 0.390. The standard InChI is InChI=1S/C29H27N3O4.ClH/c33-27(30-20-9-10-24-25(17-20)22-6-2-3-7-23(22)28(24)34)13-16-31-14-11-21(12-15-31)32-26-8-4-1-5-19(26)18-36-29(32)35;/h1-10,17,21H,11-16,18H2,(H,30,33);1H. The lowest BCUT2D eigenvalue weighted by molar-refractivity contribution is -0.116. The van der Waals surface area contributed by atoms with Crippen LogP contribution in [0.5, 0.6) is 0 Å². The number of nitrogens with one attached hydrogen (secondary N) is 1. The summed E-state index contributed by atoms with van der Waals surface area (Å²) in [6, 6.07) is 21.0. The minimum absolute atomic E-state index is 0. The van der Waals surface area contributed by atoms with Gasteiger partial charge in [0.25, 0.3) is 0 Å². The molecule has 0 radical (unpaired) electrons. The van der Waals surface area contributed by atoms with Crippen LogP contribution in [-0.4, -0.2) is 48.4 Å². The van der Waals surface area contributed by atoms with Gasteiger partial charge in [-0.1, -0.05) is 42.5 Å². The second kappa shape index (κ2) is 10.4. The van der Waals surface area contributed by atoms with Crippen LogP contribution in [0.2, 0.25) is 0 Å². The van der Waals surface area contributed by atoms with E-state index in [-0.39, 0.29) is 36.2 Å². The second-order valence-corrected chi connectivity index (χ2v) is 9.56. The van der Waals surface area contributed by atoms with Crippen molar-refractivity contribution in [3.8, 4) is 11.1 Å². The van der Waals surface area contributed by atoms with Crippen LogP contribution in [0.4, 0.5) is 16.2 Å². The molecule has 3 aromatic carbocycles. The van der Waals surface area contributed by atoms with Gasteiger partial charge in [0.1, 0.15) is 6.61 Å². The van der Waals surface area contributed by atoms with E-state index >= 15 is 0 Å². The van der Waals surface area contributed by atoms with Crippen LogP contribution in [0.15, 0.2) is 66.7 Å². The van der Waals surface area contributed by atoms with E-state index in [2.05, 4.69) is 10.2 Å². The molecule has 0 bridgehead atoms. The van der Waals surface area contributed by atoms with E-state index in [9.17, 15) is 14.4 Å². The molecule has 1 N–H and O–H groups in total. The Morgan fingerprint density at radius 1 is 0.892 bits per heavy atom. The average Bonchev–Trinajstić information content (AvgIpc) is 3.19. The molecule has 8 heteroatoms. The SMILES string of the molecule is Cl.O=C(CCN1CCC(N2C(=O)OCc3ccccc32)CC1)Nc1ccc2c(c1)-c1ccccc1C2=O. The van der Waals surface area contributed by atoms with Crippen LogP contribution in [0.1, 0.15) is 40.7 Å². The molecule has 0 atom stereocenters. The first-order valence-corrected chi connectivity index (χ1v) is 12.4. The van der Waals surface area contributed by atoms with Crippen molar-refractivity contribution in [3.05, 3.63) is 83.4 Å².